The van der Waals surface area contributed by atoms with Crippen LogP contribution in [0.1, 0.15) is 148 Å². The van der Waals surface area contributed by atoms with Crippen molar-refractivity contribution in [2.24, 2.45) is 5.92 Å². The van der Waals surface area contributed by atoms with Crippen LogP contribution in [0.4, 0.5) is 0 Å². The molecule has 0 heterocycles. The van der Waals surface area contributed by atoms with Gasteiger partial charge in [-0.2, -0.15) is 0 Å². The minimum Gasteiger partial charge on any atom is -0.481 e. The monoisotopic (exact) mass is 430 g/mol. The normalized spacial score (nSPS) is 12.3. The van der Waals surface area contributed by atoms with Gasteiger partial charge in [0, 0.05) is 5.88 Å². The highest BCUT2D eigenvalue weighted by Crippen LogP contribution is 2.19. The Morgan fingerprint density at radius 1 is 0.586 bits per heavy atom. The lowest BCUT2D eigenvalue weighted by molar-refractivity contribution is -0.142. The summed E-state index contributed by atoms with van der Waals surface area (Å²) in [5.41, 5.74) is 0. The molecule has 0 rings (SSSR count). The zero-order chi connectivity index (χ0) is 21.4. The number of carboxylic acids is 1. The van der Waals surface area contributed by atoms with Gasteiger partial charge in [-0.3, -0.25) is 4.79 Å². The Hall–Kier alpha value is -0.240. The molecule has 1 atom stereocenters. The van der Waals surface area contributed by atoms with Crippen LogP contribution >= 0.6 is 11.6 Å². The molecule has 0 aromatic heterocycles. The molecule has 0 fully saturated rings. The summed E-state index contributed by atoms with van der Waals surface area (Å²) < 4.78 is 0. The summed E-state index contributed by atoms with van der Waals surface area (Å²) in [5.74, 6) is 0.00242. The Labute approximate surface area is 187 Å². The molecule has 0 amide bonds. The molecular weight excluding hydrogens is 380 g/mol. The average Bonchev–Trinajstić information content (AvgIpc) is 2.71. The molecule has 29 heavy (non-hydrogen) atoms. The molecule has 1 N–H and O–H groups in total. The smallest absolute Gasteiger partial charge is 0.306 e. The van der Waals surface area contributed by atoms with Gasteiger partial charge < -0.3 is 5.11 Å². The van der Waals surface area contributed by atoms with E-state index >= 15 is 0 Å². The minimum absolute atomic E-state index is 0.127. The zero-order valence-electron chi connectivity index (χ0n) is 19.6. The van der Waals surface area contributed by atoms with Gasteiger partial charge in [0.15, 0.2) is 0 Å². The highest BCUT2D eigenvalue weighted by molar-refractivity contribution is 6.17. The summed E-state index contributed by atoms with van der Waals surface area (Å²) in [6.45, 7) is 2.28. The SMILES string of the molecule is CCCCCCCCCCCCCCCCCCC(CCCCCCCl)C(=O)O. The Balaban J connectivity index is 3.32. The van der Waals surface area contributed by atoms with Gasteiger partial charge in [0.1, 0.15) is 0 Å². The minimum atomic E-state index is -0.594. The second-order valence-electron chi connectivity index (χ2n) is 9.02. The number of unbranched alkanes of at least 4 members (excludes halogenated alkanes) is 18. The Morgan fingerprint density at radius 2 is 0.897 bits per heavy atom. The summed E-state index contributed by atoms with van der Waals surface area (Å²) >= 11 is 5.68. The topological polar surface area (TPSA) is 37.3 Å². The van der Waals surface area contributed by atoms with E-state index in [-0.39, 0.29) is 5.92 Å². The fourth-order valence-electron chi connectivity index (χ4n) is 4.17. The molecule has 0 aliphatic rings. The summed E-state index contributed by atoms with van der Waals surface area (Å²) in [6.07, 6.45) is 27.9. The molecule has 0 aromatic carbocycles. The molecule has 0 saturated carbocycles. The van der Waals surface area contributed by atoms with Crippen molar-refractivity contribution >= 4 is 17.6 Å². The summed E-state index contributed by atoms with van der Waals surface area (Å²) in [6, 6.07) is 0. The van der Waals surface area contributed by atoms with Gasteiger partial charge in [0.25, 0.3) is 0 Å². The summed E-state index contributed by atoms with van der Waals surface area (Å²) in [4.78, 5) is 11.4. The van der Waals surface area contributed by atoms with Crippen molar-refractivity contribution in [2.75, 3.05) is 5.88 Å². The van der Waals surface area contributed by atoms with Gasteiger partial charge in [-0.1, -0.05) is 129 Å². The first kappa shape index (κ1) is 28.8. The van der Waals surface area contributed by atoms with Gasteiger partial charge >= 0.3 is 5.97 Å². The van der Waals surface area contributed by atoms with Gasteiger partial charge in [0.2, 0.25) is 0 Å². The number of hydrogen-bond acceptors (Lipinski definition) is 1. The number of alkyl halides is 1. The fourth-order valence-corrected chi connectivity index (χ4v) is 4.36. The summed E-state index contributed by atoms with van der Waals surface area (Å²) in [7, 11) is 0. The lowest BCUT2D eigenvalue weighted by Crippen LogP contribution is -2.13. The molecule has 174 valence electrons. The second-order valence-corrected chi connectivity index (χ2v) is 9.40. The van der Waals surface area contributed by atoms with E-state index < -0.39 is 5.97 Å². The maximum atomic E-state index is 11.4. The van der Waals surface area contributed by atoms with Gasteiger partial charge in [-0.05, 0) is 19.3 Å². The maximum Gasteiger partial charge on any atom is 0.306 e. The first-order chi connectivity index (χ1) is 14.2. The number of aliphatic carboxylic acids is 1. The number of halogens is 1. The van der Waals surface area contributed by atoms with Crippen LogP contribution in [0.5, 0.6) is 0 Å². The molecule has 2 nitrogen and oxygen atoms in total. The lowest BCUT2D eigenvalue weighted by Gasteiger charge is -2.12. The van der Waals surface area contributed by atoms with Crippen LogP contribution in [0.25, 0.3) is 0 Å². The van der Waals surface area contributed by atoms with E-state index in [9.17, 15) is 9.90 Å². The molecule has 1 unspecified atom stereocenters. The third-order valence-corrected chi connectivity index (χ3v) is 6.46. The second kappa shape index (κ2) is 24.0. The van der Waals surface area contributed by atoms with Crippen molar-refractivity contribution < 1.29 is 9.90 Å². The van der Waals surface area contributed by atoms with Crippen LogP contribution in [-0.4, -0.2) is 17.0 Å². The van der Waals surface area contributed by atoms with Crippen LogP contribution < -0.4 is 0 Å². The predicted octanol–water partition coefficient (Wildman–Crippen LogP) is 9.53. The third kappa shape index (κ3) is 22.3. The van der Waals surface area contributed by atoms with Crippen LogP contribution in [0.3, 0.4) is 0 Å². The molecule has 0 spiro atoms. The van der Waals surface area contributed by atoms with E-state index in [1.807, 2.05) is 0 Å². The maximum absolute atomic E-state index is 11.4. The first-order valence-electron chi connectivity index (χ1n) is 13.0. The molecular formula is C26H51ClO2. The van der Waals surface area contributed by atoms with Crippen molar-refractivity contribution in [3.8, 4) is 0 Å². The number of carbonyl (C=O) groups is 1. The number of rotatable bonds is 24. The molecule has 0 aliphatic heterocycles. The van der Waals surface area contributed by atoms with E-state index in [0.717, 1.165) is 50.8 Å². The number of hydrogen-bond donors (Lipinski definition) is 1. The quantitative estimate of drug-likeness (QED) is 0.122. The van der Waals surface area contributed by atoms with Crippen molar-refractivity contribution in [2.45, 2.75) is 148 Å². The third-order valence-electron chi connectivity index (χ3n) is 6.19. The highest BCUT2D eigenvalue weighted by Gasteiger charge is 2.16. The zero-order valence-corrected chi connectivity index (χ0v) is 20.3. The van der Waals surface area contributed by atoms with Gasteiger partial charge in [-0.15, -0.1) is 11.6 Å². The Kier molecular flexibility index (Phi) is 23.8. The van der Waals surface area contributed by atoms with E-state index in [4.69, 9.17) is 11.6 Å². The predicted molar refractivity (Wildman–Crippen MR) is 129 cm³/mol. The van der Waals surface area contributed by atoms with E-state index in [1.54, 1.807) is 0 Å². The van der Waals surface area contributed by atoms with Crippen molar-refractivity contribution in [3.05, 3.63) is 0 Å². The van der Waals surface area contributed by atoms with E-state index in [0.29, 0.717) is 0 Å². The molecule has 0 saturated heterocycles. The standard InChI is InChI=1S/C26H51ClO2/c1-2-3-4-5-6-7-8-9-10-11-12-13-14-15-16-19-22-25(26(28)29)23-20-17-18-21-24-27/h25H,2-24H2,1H3,(H,28,29). The average molecular weight is 431 g/mol. The van der Waals surface area contributed by atoms with Gasteiger partial charge in [-0.25, -0.2) is 0 Å². The van der Waals surface area contributed by atoms with Crippen LogP contribution in [0.2, 0.25) is 0 Å². The van der Waals surface area contributed by atoms with Crippen LogP contribution in [-0.2, 0) is 4.79 Å². The molecule has 3 heteroatoms. The Bertz CT molecular complexity index is 333. The van der Waals surface area contributed by atoms with Crippen LogP contribution in [0.15, 0.2) is 0 Å². The first-order valence-corrected chi connectivity index (χ1v) is 13.5. The molecule has 0 bridgehead atoms. The van der Waals surface area contributed by atoms with Crippen molar-refractivity contribution in [1.29, 1.82) is 0 Å². The van der Waals surface area contributed by atoms with Crippen molar-refractivity contribution in [1.82, 2.24) is 0 Å². The van der Waals surface area contributed by atoms with E-state index in [2.05, 4.69) is 6.92 Å². The fraction of sp³-hybridized carbons (Fsp3) is 0.962. The van der Waals surface area contributed by atoms with Gasteiger partial charge in [0.05, 0.1) is 5.92 Å². The molecule has 0 aliphatic carbocycles. The lowest BCUT2D eigenvalue weighted by atomic mass is 9.94. The molecule has 0 aromatic rings. The highest BCUT2D eigenvalue weighted by atomic mass is 35.5. The van der Waals surface area contributed by atoms with Crippen molar-refractivity contribution in [3.63, 3.8) is 0 Å². The number of carboxylic acid groups (broad SMARTS) is 1. The molecule has 0 radical (unpaired) electrons. The van der Waals surface area contributed by atoms with Crippen LogP contribution in [0, 0.1) is 5.92 Å². The Morgan fingerprint density at radius 3 is 1.21 bits per heavy atom. The largest absolute Gasteiger partial charge is 0.481 e. The summed E-state index contributed by atoms with van der Waals surface area (Å²) in [5, 5.41) is 9.38. The van der Waals surface area contributed by atoms with E-state index in [1.165, 1.54) is 96.3 Å².